The second-order valence-electron chi connectivity index (χ2n) is 5.83. The predicted octanol–water partition coefficient (Wildman–Crippen LogP) is 3.13. The number of benzene rings is 1. The van der Waals surface area contributed by atoms with Crippen LogP contribution >= 0.6 is 0 Å². The number of hydrogen-bond donors (Lipinski definition) is 0. The summed E-state index contributed by atoms with van der Waals surface area (Å²) in [6, 6.07) is 11.0. The molecule has 0 saturated carbocycles. The molecule has 1 unspecified atom stereocenters. The lowest BCUT2D eigenvalue weighted by molar-refractivity contribution is 0.231. The number of ether oxygens (including phenoxy) is 2. The summed E-state index contributed by atoms with van der Waals surface area (Å²) in [4.78, 5) is 6.33. The van der Waals surface area contributed by atoms with Crippen molar-refractivity contribution in [2.24, 2.45) is 5.92 Å². The average Bonchev–Trinajstić information content (AvgIpc) is 3.02. The van der Waals surface area contributed by atoms with E-state index in [4.69, 9.17) is 9.47 Å². The molecule has 0 N–H and O–H groups in total. The molecule has 0 spiro atoms. The first-order valence-electron chi connectivity index (χ1n) is 7.83. The van der Waals surface area contributed by atoms with Crippen LogP contribution in [0.2, 0.25) is 0 Å². The van der Waals surface area contributed by atoms with Crippen molar-refractivity contribution in [3.63, 3.8) is 0 Å². The van der Waals surface area contributed by atoms with E-state index in [1.54, 1.807) is 13.2 Å². The van der Waals surface area contributed by atoms with E-state index in [1.807, 2.05) is 18.2 Å². The van der Waals surface area contributed by atoms with Crippen molar-refractivity contribution in [1.29, 1.82) is 0 Å². The lowest BCUT2D eigenvalue weighted by Gasteiger charge is -2.18. The van der Waals surface area contributed by atoms with E-state index in [2.05, 4.69) is 16.0 Å². The second-order valence-corrected chi connectivity index (χ2v) is 5.83. The maximum atomic E-state index is 12.8. The van der Waals surface area contributed by atoms with E-state index in [9.17, 15) is 4.39 Å². The van der Waals surface area contributed by atoms with E-state index in [0.29, 0.717) is 18.4 Å². The number of methoxy groups -OCH3 is 1. The Hall–Kier alpha value is -2.14. The SMILES string of the molecule is COc1ccccc1CN1CCC(COc2ccc(F)cn2)C1. The average molecular weight is 316 g/mol. The number of nitrogens with zero attached hydrogens (tertiary/aromatic N) is 2. The van der Waals surface area contributed by atoms with Crippen LogP contribution in [-0.2, 0) is 6.54 Å². The van der Waals surface area contributed by atoms with E-state index < -0.39 is 0 Å². The molecule has 1 aliphatic rings. The Morgan fingerprint density at radius 3 is 2.91 bits per heavy atom. The molecule has 1 aromatic carbocycles. The normalized spacial score (nSPS) is 18.1. The monoisotopic (exact) mass is 316 g/mol. The largest absolute Gasteiger partial charge is 0.496 e. The standard InChI is InChI=1S/C18H21FN2O2/c1-22-17-5-3-2-4-15(17)12-21-9-8-14(11-21)13-23-18-7-6-16(19)10-20-18/h2-7,10,14H,8-9,11-13H2,1H3. The van der Waals surface area contributed by atoms with E-state index in [-0.39, 0.29) is 5.82 Å². The van der Waals surface area contributed by atoms with Gasteiger partial charge in [-0.2, -0.15) is 0 Å². The molecule has 1 atom stereocenters. The molecular weight excluding hydrogens is 295 g/mol. The molecule has 1 saturated heterocycles. The van der Waals surface area contributed by atoms with Crippen molar-refractivity contribution in [1.82, 2.24) is 9.88 Å². The van der Waals surface area contributed by atoms with Crippen molar-refractivity contribution in [2.75, 3.05) is 26.8 Å². The molecule has 2 aromatic rings. The van der Waals surface area contributed by atoms with Gasteiger partial charge in [0, 0.05) is 30.6 Å². The fraction of sp³-hybridized carbons (Fsp3) is 0.389. The van der Waals surface area contributed by atoms with Gasteiger partial charge in [0.1, 0.15) is 11.6 Å². The van der Waals surface area contributed by atoms with E-state index in [1.165, 1.54) is 17.8 Å². The van der Waals surface area contributed by atoms with Crippen molar-refractivity contribution < 1.29 is 13.9 Å². The number of pyridine rings is 1. The third-order valence-corrected chi connectivity index (χ3v) is 4.12. The Bertz CT molecular complexity index is 633. The summed E-state index contributed by atoms with van der Waals surface area (Å²) in [6.07, 6.45) is 2.27. The molecule has 1 aliphatic heterocycles. The first-order chi connectivity index (χ1) is 11.2. The number of aromatic nitrogens is 1. The molecule has 0 radical (unpaired) electrons. The number of likely N-dealkylation sites (tertiary alicyclic amines) is 1. The van der Waals surface area contributed by atoms with Crippen LogP contribution in [0, 0.1) is 11.7 Å². The summed E-state index contributed by atoms with van der Waals surface area (Å²) in [6.45, 7) is 3.53. The quantitative estimate of drug-likeness (QED) is 0.820. The van der Waals surface area contributed by atoms with Gasteiger partial charge in [-0.25, -0.2) is 9.37 Å². The number of hydrogen-bond acceptors (Lipinski definition) is 4. The molecule has 0 aliphatic carbocycles. The van der Waals surface area contributed by atoms with Gasteiger partial charge in [-0.1, -0.05) is 18.2 Å². The number of halogens is 1. The van der Waals surface area contributed by atoms with E-state index in [0.717, 1.165) is 31.8 Å². The lowest BCUT2D eigenvalue weighted by atomic mass is 10.1. The molecule has 122 valence electrons. The molecule has 0 bridgehead atoms. The fourth-order valence-electron chi connectivity index (χ4n) is 2.92. The van der Waals surface area contributed by atoms with Crippen molar-refractivity contribution in [3.8, 4) is 11.6 Å². The van der Waals surface area contributed by atoms with Crippen LogP contribution in [0.5, 0.6) is 11.6 Å². The first kappa shape index (κ1) is 15.7. The molecule has 3 rings (SSSR count). The Morgan fingerprint density at radius 2 is 2.13 bits per heavy atom. The highest BCUT2D eigenvalue weighted by atomic mass is 19.1. The van der Waals surface area contributed by atoms with Gasteiger partial charge in [-0.15, -0.1) is 0 Å². The summed E-state index contributed by atoms with van der Waals surface area (Å²) >= 11 is 0. The summed E-state index contributed by atoms with van der Waals surface area (Å²) in [7, 11) is 1.70. The van der Waals surface area contributed by atoms with Crippen molar-refractivity contribution in [2.45, 2.75) is 13.0 Å². The Kier molecular flexibility index (Phi) is 5.08. The van der Waals surface area contributed by atoms with Crippen LogP contribution in [0.1, 0.15) is 12.0 Å². The fourth-order valence-corrected chi connectivity index (χ4v) is 2.92. The minimum Gasteiger partial charge on any atom is -0.496 e. The van der Waals surface area contributed by atoms with Crippen LogP contribution in [0.25, 0.3) is 0 Å². The zero-order chi connectivity index (χ0) is 16.1. The molecule has 1 fully saturated rings. The van der Waals surface area contributed by atoms with Crippen LogP contribution in [0.15, 0.2) is 42.6 Å². The number of para-hydroxylation sites is 1. The summed E-state index contributed by atoms with van der Waals surface area (Å²) in [5.41, 5.74) is 1.21. The summed E-state index contributed by atoms with van der Waals surface area (Å²) in [5, 5.41) is 0. The van der Waals surface area contributed by atoms with Gasteiger partial charge in [0.2, 0.25) is 5.88 Å². The molecule has 4 nitrogen and oxygen atoms in total. The highest BCUT2D eigenvalue weighted by molar-refractivity contribution is 5.33. The number of rotatable bonds is 6. The van der Waals surface area contributed by atoms with Crippen LogP contribution < -0.4 is 9.47 Å². The van der Waals surface area contributed by atoms with Gasteiger partial charge in [0.05, 0.1) is 19.9 Å². The molecule has 1 aromatic heterocycles. The van der Waals surface area contributed by atoms with Crippen LogP contribution in [0.3, 0.4) is 0 Å². The Labute approximate surface area is 135 Å². The van der Waals surface area contributed by atoms with Gasteiger partial charge in [-0.3, -0.25) is 4.90 Å². The lowest BCUT2D eigenvalue weighted by Crippen LogP contribution is -2.22. The van der Waals surface area contributed by atoms with Crippen LogP contribution in [0.4, 0.5) is 4.39 Å². The maximum absolute atomic E-state index is 12.8. The predicted molar refractivity (Wildman–Crippen MR) is 86.1 cm³/mol. The van der Waals surface area contributed by atoms with Gasteiger partial charge in [0.25, 0.3) is 0 Å². The smallest absolute Gasteiger partial charge is 0.213 e. The highest BCUT2D eigenvalue weighted by Crippen LogP contribution is 2.24. The molecule has 0 amide bonds. The third-order valence-electron chi connectivity index (χ3n) is 4.12. The van der Waals surface area contributed by atoms with Gasteiger partial charge >= 0.3 is 0 Å². The first-order valence-corrected chi connectivity index (χ1v) is 7.83. The van der Waals surface area contributed by atoms with Crippen molar-refractivity contribution >= 4 is 0 Å². The Balaban J connectivity index is 1.49. The highest BCUT2D eigenvalue weighted by Gasteiger charge is 2.23. The molecule has 2 heterocycles. The van der Waals surface area contributed by atoms with Gasteiger partial charge in [-0.05, 0) is 25.1 Å². The van der Waals surface area contributed by atoms with Crippen molar-refractivity contribution in [3.05, 3.63) is 54.0 Å². The zero-order valence-electron chi connectivity index (χ0n) is 13.2. The summed E-state index contributed by atoms with van der Waals surface area (Å²) < 4.78 is 23.9. The maximum Gasteiger partial charge on any atom is 0.213 e. The zero-order valence-corrected chi connectivity index (χ0v) is 13.2. The van der Waals surface area contributed by atoms with E-state index >= 15 is 0 Å². The molecule has 23 heavy (non-hydrogen) atoms. The summed E-state index contributed by atoms with van der Waals surface area (Å²) in [5.74, 6) is 1.54. The molecular formula is C18H21FN2O2. The second kappa shape index (κ2) is 7.42. The van der Waals surface area contributed by atoms with Gasteiger partial charge in [0.15, 0.2) is 0 Å². The molecule has 5 heteroatoms. The third kappa shape index (κ3) is 4.20. The van der Waals surface area contributed by atoms with Crippen LogP contribution in [-0.4, -0.2) is 36.7 Å². The Morgan fingerprint density at radius 1 is 1.26 bits per heavy atom. The minimum absolute atomic E-state index is 0.346. The minimum atomic E-state index is -0.346. The van der Waals surface area contributed by atoms with Gasteiger partial charge < -0.3 is 9.47 Å². The topological polar surface area (TPSA) is 34.6 Å².